The Bertz CT molecular complexity index is 146. The van der Waals surface area contributed by atoms with Gasteiger partial charge in [0.2, 0.25) is 0 Å². The van der Waals surface area contributed by atoms with Crippen LogP contribution in [0.5, 0.6) is 0 Å². The molecule has 0 radical (unpaired) electrons. The predicted octanol–water partition coefficient (Wildman–Crippen LogP) is 1.83. The molecule has 0 aromatic carbocycles. The fourth-order valence-electron chi connectivity index (χ4n) is 1.19. The van der Waals surface area contributed by atoms with Gasteiger partial charge in [0.15, 0.2) is 0 Å². The summed E-state index contributed by atoms with van der Waals surface area (Å²) in [6.45, 7) is 12.0. The third-order valence-corrected chi connectivity index (χ3v) is 3.20. The molecule has 0 amide bonds. The van der Waals surface area contributed by atoms with Crippen LogP contribution in [0.2, 0.25) is 0 Å². The van der Waals surface area contributed by atoms with Crippen molar-refractivity contribution in [3.8, 4) is 0 Å². The second-order valence-electron chi connectivity index (χ2n) is 3.28. The van der Waals surface area contributed by atoms with Crippen LogP contribution in [0.25, 0.3) is 0 Å². The van der Waals surface area contributed by atoms with Gasteiger partial charge in [-0.2, -0.15) is 0 Å². The van der Waals surface area contributed by atoms with Gasteiger partial charge in [0, 0.05) is 0 Å². The lowest BCUT2D eigenvalue weighted by Crippen LogP contribution is -2.28. The third-order valence-electron chi connectivity index (χ3n) is 2.44. The minimum atomic E-state index is -0.262. The van der Waals surface area contributed by atoms with Gasteiger partial charge in [0.25, 0.3) is 0 Å². The van der Waals surface area contributed by atoms with E-state index >= 15 is 0 Å². The van der Waals surface area contributed by atoms with E-state index in [1.165, 1.54) is 6.42 Å². The minimum Gasteiger partial charge on any atom is -0.416 e. The average molecular weight is 184 g/mol. The van der Waals surface area contributed by atoms with Gasteiger partial charge >= 0.3 is 0 Å². The highest BCUT2D eigenvalue weighted by Gasteiger charge is 2.22. The van der Waals surface area contributed by atoms with Crippen molar-refractivity contribution in [3.63, 3.8) is 0 Å². The van der Waals surface area contributed by atoms with E-state index in [4.69, 9.17) is 4.43 Å². The normalized spacial score (nSPS) is 14.2. The summed E-state index contributed by atoms with van der Waals surface area (Å²) < 4.78 is 5.51. The molecule has 1 unspecified atom stereocenters. The molecule has 2 heteroatoms. The van der Waals surface area contributed by atoms with E-state index < -0.39 is 0 Å². The van der Waals surface area contributed by atoms with Crippen molar-refractivity contribution in [2.45, 2.75) is 32.3 Å². The maximum absolute atomic E-state index is 5.51. The van der Waals surface area contributed by atoms with Gasteiger partial charge in [-0.05, 0) is 12.3 Å². The fourth-order valence-corrected chi connectivity index (χ4v) is 1.69. The lowest BCUT2D eigenvalue weighted by atomic mass is 9.90. The van der Waals surface area contributed by atoms with E-state index in [2.05, 4.69) is 27.0 Å². The summed E-state index contributed by atoms with van der Waals surface area (Å²) in [4.78, 5) is 0. The number of hydrogen-bond donors (Lipinski definition) is 0. The van der Waals surface area contributed by atoms with Gasteiger partial charge < -0.3 is 4.43 Å². The molecule has 1 nitrogen and oxygen atoms in total. The van der Waals surface area contributed by atoms with Gasteiger partial charge in [-0.25, -0.2) is 0 Å². The molecule has 0 rings (SSSR count). The second-order valence-corrected chi connectivity index (χ2v) is 3.69. The maximum atomic E-state index is 5.51. The Kier molecular flexibility index (Phi) is 5.18. The van der Waals surface area contributed by atoms with Crippen molar-refractivity contribution in [2.75, 3.05) is 0 Å². The molecular weight excluding hydrogens is 164 g/mol. The Morgan fingerprint density at radius 2 is 2.00 bits per heavy atom. The molecule has 70 valence electrons. The van der Waals surface area contributed by atoms with E-state index in [-0.39, 0.29) is 5.60 Å². The van der Waals surface area contributed by atoms with Crippen molar-refractivity contribution in [3.05, 3.63) is 25.3 Å². The monoisotopic (exact) mass is 184 g/mol. The summed E-state index contributed by atoms with van der Waals surface area (Å²) in [6.07, 6.45) is 5.90. The van der Waals surface area contributed by atoms with Gasteiger partial charge in [-0.3, -0.25) is 0 Å². The number of hydrogen-bond acceptors (Lipinski definition) is 1. The molecule has 0 aromatic rings. The molecule has 0 fully saturated rings. The SMILES string of the molecule is C=CC(C=C)(CC(C)CC)O[SiH3]. The minimum absolute atomic E-state index is 0.262. The highest BCUT2D eigenvalue weighted by molar-refractivity contribution is 5.98. The molecule has 12 heavy (non-hydrogen) atoms. The van der Waals surface area contributed by atoms with Crippen LogP contribution in [0.3, 0.4) is 0 Å². The van der Waals surface area contributed by atoms with E-state index in [0.29, 0.717) is 5.92 Å². The first-order valence-corrected chi connectivity index (χ1v) is 5.28. The van der Waals surface area contributed by atoms with Crippen LogP contribution in [0.1, 0.15) is 26.7 Å². The quantitative estimate of drug-likeness (QED) is 0.452. The summed E-state index contributed by atoms with van der Waals surface area (Å²) >= 11 is 0. The number of rotatable bonds is 6. The zero-order valence-electron chi connectivity index (χ0n) is 8.47. The maximum Gasteiger partial charge on any atom is 0.147 e. The van der Waals surface area contributed by atoms with Crippen molar-refractivity contribution in [1.29, 1.82) is 0 Å². The van der Waals surface area contributed by atoms with E-state index in [9.17, 15) is 0 Å². The topological polar surface area (TPSA) is 9.23 Å². The standard InChI is InChI=1S/C10H20OSi/c1-5-9(4)8-10(6-2,7-3)11-12/h6-7,9H,2-3,5,8H2,1,4,12H3. The first-order valence-electron chi connectivity index (χ1n) is 4.46. The molecule has 0 aliphatic heterocycles. The lowest BCUT2D eigenvalue weighted by molar-refractivity contribution is 0.155. The fraction of sp³-hybridized carbons (Fsp3) is 0.600. The molecule has 0 aliphatic carbocycles. The van der Waals surface area contributed by atoms with Crippen molar-refractivity contribution >= 4 is 10.5 Å². The average Bonchev–Trinajstić information content (AvgIpc) is 2.14. The van der Waals surface area contributed by atoms with Crippen LogP contribution in [0, 0.1) is 5.92 Å². The smallest absolute Gasteiger partial charge is 0.147 e. The molecule has 0 spiro atoms. The van der Waals surface area contributed by atoms with E-state index in [1.54, 1.807) is 0 Å². The molecule has 1 atom stereocenters. The summed E-state index contributed by atoms with van der Waals surface area (Å²) in [5, 5.41) is 0. The Hall–Kier alpha value is -0.343. The summed E-state index contributed by atoms with van der Waals surface area (Å²) in [7, 11) is 0.731. The Balaban J connectivity index is 4.29. The second kappa shape index (κ2) is 5.33. The van der Waals surface area contributed by atoms with Crippen molar-refractivity contribution in [1.82, 2.24) is 0 Å². The Morgan fingerprint density at radius 3 is 2.25 bits per heavy atom. The molecular formula is C10H20OSi. The molecule has 0 saturated heterocycles. The van der Waals surface area contributed by atoms with Gasteiger partial charge in [0.05, 0.1) is 5.60 Å². The molecule has 0 heterocycles. The first-order chi connectivity index (χ1) is 5.64. The predicted molar refractivity (Wildman–Crippen MR) is 58.2 cm³/mol. The Morgan fingerprint density at radius 1 is 1.50 bits per heavy atom. The van der Waals surface area contributed by atoms with E-state index in [0.717, 1.165) is 16.9 Å². The van der Waals surface area contributed by atoms with Crippen molar-refractivity contribution in [2.24, 2.45) is 5.92 Å². The summed E-state index contributed by atoms with van der Waals surface area (Å²) in [5.74, 6) is 0.662. The molecule has 0 aliphatic rings. The van der Waals surface area contributed by atoms with Gasteiger partial charge in [-0.1, -0.05) is 45.6 Å². The van der Waals surface area contributed by atoms with Crippen LogP contribution in [0.15, 0.2) is 25.3 Å². The van der Waals surface area contributed by atoms with E-state index in [1.807, 2.05) is 12.2 Å². The highest BCUT2D eigenvalue weighted by Crippen LogP contribution is 2.24. The van der Waals surface area contributed by atoms with Gasteiger partial charge in [-0.15, -0.1) is 0 Å². The molecule has 0 bridgehead atoms. The van der Waals surface area contributed by atoms with Crippen LogP contribution in [-0.2, 0) is 4.43 Å². The molecule has 0 N–H and O–H groups in total. The van der Waals surface area contributed by atoms with Crippen molar-refractivity contribution < 1.29 is 4.43 Å². The highest BCUT2D eigenvalue weighted by atomic mass is 28.2. The van der Waals surface area contributed by atoms with Crippen LogP contribution < -0.4 is 0 Å². The zero-order chi connectivity index (χ0) is 9.61. The Labute approximate surface area is 79.1 Å². The largest absolute Gasteiger partial charge is 0.416 e. The first kappa shape index (κ1) is 11.7. The van der Waals surface area contributed by atoms with Crippen LogP contribution >= 0.6 is 0 Å². The van der Waals surface area contributed by atoms with Crippen LogP contribution in [-0.4, -0.2) is 16.1 Å². The van der Waals surface area contributed by atoms with Crippen LogP contribution in [0.4, 0.5) is 0 Å². The summed E-state index contributed by atoms with van der Waals surface area (Å²) in [5.41, 5.74) is -0.262. The molecule has 0 saturated carbocycles. The molecule has 0 aromatic heterocycles. The summed E-state index contributed by atoms with van der Waals surface area (Å²) in [6, 6.07) is 0. The third kappa shape index (κ3) is 2.95. The van der Waals surface area contributed by atoms with Gasteiger partial charge in [0.1, 0.15) is 10.5 Å². The zero-order valence-corrected chi connectivity index (χ0v) is 10.5. The lowest BCUT2D eigenvalue weighted by Gasteiger charge is -2.28.